The number of nitrogens with zero attached hydrogens (tertiary/aromatic N) is 1. The van der Waals surface area contributed by atoms with Gasteiger partial charge in [-0.1, -0.05) is 6.92 Å². The first-order valence-electron chi connectivity index (χ1n) is 7.53. The number of ether oxygens (including phenoxy) is 2. The second-order valence-corrected chi connectivity index (χ2v) is 6.19. The van der Waals surface area contributed by atoms with Crippen LogP contribution in [0.5, 0.6) is 11.5 Å². The van der Waals surface area contributed by atoms with Crippen molar-refractivity contribution in [2.75, 3.05) is 20.3 Å². The Kier molecular flexibility index (Phi) is 5.87. The minimum Gasteiger partial charge on any atom is -0.493 e. The maximum absolute atomic E-state index is 12.7. The SMILES string of the molecule is CCCOc1c(Br)cc(C(=O)N2CCCC2C(=O)O)cc1OC. The summed E-state index contributed by atoms with van der Waals surface area (Å²) >= 11 is 3.40. The molecule has 1 aromatic carbocycles. The lowest BCUT2D eigenvalue weighted by atomic mass is 10.1. The molecule has 0 saturated carbocycles. The normalized spacial score (nSPS) is 17.2. The molecule has 126 valence electrons. The third kappa shape index (κ3) is 3.77. The highest BCUT2D eigenvalue weighted by molar-refractivity contribution is 9.10. The topological polar surface area (TPSA) is 76.1 Å². The Morgan fingerprint density at radius 1 is 1.43 bits per heavy atom. The predicted octanol–water partition coefficient (Wildman–Crippen LogP) is 2.94. The van der Waals surface area contributed by atoms with Crippen LogP contribution in [0.15, 0.2) is 16.6 Å². The summed E-state index contributed by atoms with van der Waals surface area (Å²) in [4.78, 5) is 25.3. The number of benzene rings is 1. The van der Waals surface area contributed by atoms with Crippen LogP contribution < -0.4 is 9.47 Å². The Morgan fingerprint density at radius 3 is 2.78 bits per heavy atom. The number of carboxylic acid groups (broad SMARTS) is 1. The maximum atomic E-state index is 12.7. The van der Waals surface area contributed by atoms with Crippen molar-refractivity contribution in [3.63, 3.8) is 0 Å². The van der Waals surface area contributed by atoms with Crippen molar-refractivity contribution in [3.8, 4) is 11.5 Å². The smallest absolute Gasteiger partial charge is 0.326 e. The van der Waals surface area contributed by atoms with E-state index in [4.69, 9.17) is 9.47 Å². The molecule has 1 atom stereocenters. The summed E-state index contributed by atoms with van der Waals surface area (Å²) in [7, 11) is 1.50. The fourth-order valence-electron chi connectivity index (χ4n) is 2.62. The summed E-state index contributed by atoms with van der Waals surface area (Å²) < 4.78 is 11.6. The molecule has 0 spiro atoms. The lowest BCUT2D eigenvalue weighted by Crippen LogP contribution is -2.40. The molecule has 2 rings (SSSR count). The van der Waals surface area contributed by atoms with Crippen LogP contribution in [-0.2, 0) is 4.79 Å². The van der Waals surface area contributed by atoms with Crippen LogP contribution in [0.2, 0.25) is 0 Å². The van der Waals surface area contributed by atoms with Crippen molar-refractivity contribution in [1.29, 1.82) is 0 Å². The Balaban J connectivity index is 2.30. The Morgan fingerprint density at radius 2 is 2.17 bits per heavy atom. The van der Waals surface area contributed by atoms with Gasteiger partial charge in [0, 0.05) is 12.1 Å². The van der Waals surface area contributed by atoms with Crippen LogP contribution in [0.4, 0.5) is 0 Å². The molecular formula is C16H20BrNO5. The number of likely N-dealkylation sites (tertiary alicyclic amines) is 1. The van der Waals surface area contributed by atoms with Gasteiger partial charge in [-0.05, 0) is 47.3 Å². The molecule has 1 fully saturated rings. The standard InChI is InChI=1S/C16H20BrNO5/c1-3-7-23-14-11(17)8-10(9-13(14)22-2)15(19)18-6-4-5-12(18)16(20)21/h8-9,12H,3-7H2,1-2H3,(H,20,21). The zero-order valence-electron chi connectivity index (χ0n) is 13.2. The summed E-state index contributed by atoms with van der Waals surface area (Å²) in [6.45, 7) is 2.98. The highest BCUT2D eigenvalue weighted by Crippen LogP contribution is 2.37. The van der Waals surface area contributed by atoms with Gasteiger partial charge in [-0.25, -0.2) is 4.79 Å². The highest BCUT2D eigenvalue weighted by Gasteiger charge is 2.34. The van der Waals surface area contributed by atoms with Gasteiger partial charge in [0.05, 0.1) is 18.2 Å². The van der Waals surface area contributed by atoms with Crippen molar-refractivity contribution >= 4 is 27.8 Å². The van der Waals surface area contributed by atoms with E-state index in [9.17, 15) is 14.7 Å². The third-order valence-electron chi connectivity index (χ3n) is 3.73. The van der Waals surface area contributed by atoms with Gasteiger partial charge in [0.25, 0.3) is 5.91 Å². The molecule has 1 amide bonds. The van der Waals surface area contributed by atoms with Crippen molar-refractivity contribution in [1.82, 2.24) is 4.90 Å². The molecule has 0 aromatic heterocycles. The molecule has 1 heterocycles. The summed E-state index contributed by atoms with van der Waals surface area (Å²) in [5, 5.41) is 9.23. The molecule has 1 saturated heterocycles. The number of amides is 1. The molecule has 23 heavy (non-hydrogen) atoms. The van der Waals surface area contributed by atoms with Crippen LogP contribution in [-0.4, -0.2) is 48.2 Å². The quantitative estimate of drug-likeness (QED) is 0.814. The van der Waals surface area contributed by atoms with Crippen LogP contribution in [0.1, 0.15) is 36.5 Å². The van der Waals surface area contributed by atoms with Crippen LogP contribution >= 0.6 is 15.9 Å². The number of aliphatic carboxylic acids is 1. The number of methoxy groups -OCH3 is 1. The third-order valence-corrected chi connectivity index (χ3v) is 4.31. The molecule has 7 heteroatoms. The van der Waals surface area contributed by atoms with Gasteiger partial charge in [-0.2, -0.15) is 0 Å². The number of hydrogen-bond acceptors (Lipinski definition) is 4. The average molecular weight is 386 g/mol. The van der Waals surface area contributed by atoms with Gasteiger partial charge in [-0.3, -0.25) is 4.79 Å². The number of carbonyl (C=O) groups excluding carboxylic acids is 1. The lowest BCUT2D eigenvalue weighted by Gasteiger charge is -2.22. The van der Waals surface area contributed by atoms with Gasteiger partial charge in [-0.15, -0.1) is 0 Å². The minimum atomic E-state index is -0.968. The van der Waals surface area contributed by atoms with Crippen LogP contribution in [0.3, 0.4) is 0 Å². The van der Waals surface area contributed by atoms with E-state index in [0.29, 0.717) is 47.5 Å². The Bertz CT molecular complexity index is 604. The highest BCUT2D eigenvalue weighted by atomic mass is 79.9. The molecule has 1 unspecified atom stereocenters. The fourth-order valence-corrected chi connectivity index (χ4v) is 3.18. The van der Waals surface area contributed by atoms with Gasteiger partial charge >= 0.3 is 5.97 Å². The van der Waals surface area contributed by atoms with E-state index >= 15 is 0 Å². The van der Waals surface area contributed by atoms with E-state index in [1.165, 1.54) is 12.0 Å². The fraction of sp³-hybridized carbons (Fsp3) is 0.500. The second-order valence-electron chi connectivity index (χ2n) is 5.33. The average Bonchev–Trinajstić information content (AvgIpc) is 3.02. The van der Waals surface area contributed by atoms with E-state index in [1.807, 2.05) is 6.92 Å². The summed E-state index contributed by atoms with van der Waals surface area (Å²) in [5.41, 5.74) is 0.380. The molecule has 0 aliphatic carbocycles. The van der Waals surface area contributed by atoms with E-state index in [2.05, 4.69) is 15.9 Å². The molecule has 6 nitrogen and oxygen atoms in total. The monoisotopic (exact) mass is 385 g/mol. The first-order chi connectivity index (χ1) is 11.0. The Labute approximate surface area is 143 Å². The minimum absolute atomic E-state index is 0.309. The van der Waals surface area contributed by atoms with Gasteiger partial charge in [0.2, 0.25) is 0 Å². The van der Waals surface area contributed by atoms with Crippen LogP contribution in [0.25, 0.3) is 0 Å². The molecule has 0 bridgehead atoms. The zero-order valence-corrected chi connectivity index (χ0v) is 14.8. The molecule has 1 aromatic rings. The summed E-state index contributed by atoms with van der Waals surface area (Å²) in [6.07, 6.45) is 2.03. The van der Waals surface area contributed by atoms with Crippen molar-refractivity contribution in [2.24, 2.45) is 0 Å². The van der Waals surface area contributed by atoms with E-state index < -0.39 is 12.0 Å². The van der Waals surface area contributed by atoms with Gasteiger partial charge < -0.3 is 19.5 Å². The van der Waals surface area contributed by atoms with Crippen molar-refractivity contribution in [2.45, 2.75) is 32.2 Å². The first kappa shape index (κ1) is 17.6. The number of rotatable bonds is 6. The number of hydrogen-bond donors (Lipinski definition) is 1. The maximum Gasteiger partial charge on any atom is 0.326 e. The summed E-state index contributed by atoms with van der Waals surface area (Å²) in [5.74, 6) is -0.287. The van der Waals surface area contributed by atoms with E-state index in [-0.39, 0.29) is 5.91 Å². The van der Waals surface area contributed by atoms with E-state index in [0.717, 1.165) is 6.42 Å². The molecular weight excluding hydrogens is 366 g/mol. The molecule has 1 aliphatic heterocycles. The number of carbonyl (C=O) groups is 2. The first-order valence-corrected chi connectivity index (χ1v) is 8.33. The predicted molar refractivity (Wildman–Crippen MR) is 88.2 cm³/mol. The molecule has 1 N–H and O–H groups in total. The lowest BCUT2D eigenvalue weighted by molar-refractivity contribution is -0.141. The molecule has 1 aliphatic rings. The summed E-state index contributed by atoms with van der Waals surface area (Å²) in [6, 6.07) is 2.48. The largest absolute Gasteiger partial charge is 0.493 e. The Hall–Kier alpha value is -1.76. The second kappa shape index (κ2) is 7.68. The number of carboxylic acids is 1. The van der Waals surface area contributed by atoms with Gasteiger partial charge in [0.15, 0.2) is 11.5 Å². The van der Waals surface area contributed by atoms with Crippen molar-refractivity contribution < 1.29 is 24.2 Å². The van der Waals surface area contributed by atoms with Crippen LogP contribution in [0, 0.1) is 0 Å². The zero-order chi connectivity index (χ0) is 17.0. The van der Waals surface area contributed by atoms with Gasteiger partial charge in [0.1, 0.15) is 6.04 Å². The van der Waals surface area contributed by atoms with E-state index in [1.54, 1.807) is 12.1 Å². The number of halogens is 1. The molecule has 0 radical (unpaired) electrons. The van der Waals surface area contributed by atoms with Crippen molar-refractivity contribution in [3.05, 3.63) is 22.2 Å².